The van der Waals surface area contributed by atoms with E-state index in [1.54, 1.807) is 0 Å². The van der Waals surface area contributed by atoms with Gasteiger partial charge in [0.15, 0.2) is 0 Å². The monoisotopic (exact) mass is 215 g/mol. The molecule has 0 radical (unpaired) electrons. The lowest BCUT2D eigenvalue weighted by Gasteiger charge is -2.38. The quantitative estimate of drug-likeness (QED) is 0.706. The van der Waals surface area contributed by atoms with E-state index in [4.69, 9.17) is 9.84 Å². The minimum absolute atomic E-state index is 0.135. The van der Waals surface area contributed by atoms with Gasteiger partial charge in [0.2, 0.25) is 0 Å². The summed E-state index contributed by atoms with van der Waals surface area (Å²) >= 11 is 0. The highest BCUT2D eigenvalue weighted by molar-refractivity contribution is 4.90. The molecule has 0 aromatic rings. The topological polar surface area (TPSA) is 41.5 Å². The number of ether oxygens (including phenoxy) is 1. The molecule has 1 unspecified atom stereocenters. The Hall–Kier alpha value is -0.120. The highest BCUT2D eigenvalue weighted by Gasteiger charge is 2.31. The Balaban J connectivity index is 2.41. The second-order valence-corrected chi connectivity index (χ2v) is 4.76. The van der Waals surface area contributed by atoms with Gasteiger partial charge in [-0.25, -0.2) is 0 Å². The molecule has 1 saturated heterocycles. The molecule has 1 atom stereocenters. The van der Waals surface area contributed by atoms with Crippen molar-refractivity contribution in [2.75, 3.05) is 26.4 Å². The van der Waals surface area contributed by atoms with E-state index in [2.05, 4.69) is 19.2 Å². The van der Waals surface area contributed by atoms with Crippen LogP contribution in [0.25, 0.3) is 0 Å². The molecule has 0 saturated carbocycles. The third-order valence-corrected chi connectivity index (χ3v) is 3.56. The third kappa shape index (κ3) is 4.09. The van der Waals surface area contributed by atoms with Crippen LogP contribution in [-0.4, -0.2) is 37.0 Å². The van der Waals surface area contributed by atoms with E-state index in [0.29, 0.717) is 5.92 Å². The van der Waals surface area contributed by atoms with Crippen LogP contribution in [0, 0.1) is 5.92 Å². The fourth-order valence-electron chi connectivity index (χ4n) is 2.03. The predicted octanol–water partition coefficient (Wildman–Crippen LogP) is 1.55. The van der Waals surface area contributed by atoms with Gasteiger partial charge in [0.05, 0.1) is 0 Å². The fraction of sp³-hybridized carbons (Fsp3) is 1.00. The second-order valence-electron chi connectivity index (χ2n) is 4.76. The van der Waals surface area contributed by atoms with Crippen molar-refractivity contribution in [3.8, 4) is 0 Å². The minimum Gasteiger partial charge on any atom is -0.396 e. The number of nitrogens with one attached hydrogen (secondary N) is 1. The lowest BCUT2D eigenvalue weighted by atomic mass is 9.86. The highest BCUT2D eigenvalue weighted by atomic mass is 16.5. The molecule has 0 aromatic heterocycles. The molecule has 1 aliphatic heterocycles. The molecule has 2 N–H and O–H groups in total. The highest BCUT2D eigenvalue weighted by Crippen LogP contribution is 2.24. The molecule has 15 heavy (non-hydrogen) atoms. The zero-order valence-electron chi connectivity index (χ0n) is 10.1. The lowest BCUT2D eigenvalue weighted by Crippen LogP contribution is -2.51. The van der Waals surface area contributed by atoms with E-state index in [9.17, 15) is 0 Å². The molecule has 0 aliphatic carbocycles. The van der Waals surface area contributed by atoms with Crippen molar-refractivity contribution < 1.29 is 9.84 Å². The van der Waals surface area contributed by atoms with Crippen LogP contribution in [0.2, 0.25) is 0 Å². The summed E-state index contributed by atoms with van der Waals surface area (Å²) in [7, 11) is 0. The zero-order chi connectivity index (χ0) is 11.1. The number of aliphatic hydroxyl groups excluding tert-OH is 1. The van der Waals surface area contributed by atoms with Crippen LogP contribution in [0.1, 0.15) is 39.5 Å². The van der Waals surface area contributed by atoms with E-state index in [1.807, 2.05) is 0 Å². The van der Waals surface area contributed by atoms with Gasteiger partial charge in [-0.05, 0) is 31.7 Å². The van der Waals surface area contributed by atoms with Crippen molar-refractivity contribution in [2.45, 2.75) is 45.1 Å². The summed E-state index contributed by atoms with van der Waals surface area (Å²) in [6.45, 7) is 7.46. The average molecular weight is 215 g/mol. The maximum Gasteiger partial charge on any atom is 0.0483 e. The molecule has 1 heterocycles. The van der Waals surface area contributed by atoms with E-state index < -0.39 is 0 Å². The van der Waals surface area contributed by atoms with Crippen LogP contribution in [0.4, 0.5) is 0 Å². The van der Waals surface area contributed by atoms with Crippen molar-refractivity contribution in [1.29, 1.82) is 0 Å². The van der Waals surface area contributed by atoms with Gasteiger partial charge in [0.1, 0.15) is 0 Å². The SMILES string of the molecule is CCC(C)CNC1(CCO)CCOCC1. The molecule has 1 rings (SSSR count). The maximum absolute atomic E-state index is 9.13. The van der Waals surface area contributed by atoms with E-state index in [0.717, 1.165) is 39.0 Å². The summed E-state index contributed by atoms with van der Waals surface area (Å²) in [6.07, 6.45) is 4.12. The van der Waals surface area contributed by atoms with Crippen molar-refractivity contribution in [2.24, 2.45) is 5.92 Å². The molecule has 0 bridgehead atoms. The van der Waals surface area contributed by atoms with E-state index >= 15 is 0 Å². The molecule has 0 amide bonds. The molecule has 1 fully saturated rings. The Morgan fingerprint density at radius 3 is 2.60 bits per heavy atom. The average Bonchev–Trinajstić information content (AvgIpc) is 2.28. The first-order valence-corrected chi connectivity index (χ1v) is 6.16. The van der Waals surface area contributed by atoms with Crippen LogP contribution in [0.3, 0.4) is 0 Å². The number of rotatable bonds is 6. The van der Waals surface area contributed by atoms with Crippen LogP contribution in [0.5, 0.6) is 0 Å². The summed E-state index contributed by atoms with van der Waals surface area (Å²) in [5, 5.41) is 12.8. The van der Waals surface area contributed by atoms with Gasteiger partial charge in [0.25, 0.3) is 0 Å². The van der Waals surface area contributed by atoms with Crippen LogP contribution < -0.4 is 5.32 Å². The largest absolute Gasteiger partial charge is 0.396 e. The molecule has 0 aromatic carbocycles. The number of aliphatic hydroxyl groups is 1. The van der Waals surface area contributed by atoms with Crippen LogP contribution in [-0.2, 0) is 4.74 Å². The standard InChI is InChI=1S/C12H25NO2/c1-3-11(2)10-13-12(4-7-14)5-8-15-9-6-12/h11,13-14H,3-10H2,1-2H3. The van der Waals surface area contributed by atoms with Crippen molar-refractivity contribution in [3.63, 3.8) is 0 Å². The van der Waals surface area contributed by atoms with Crippen LogP contribution >= 0.6 is 0 Å². The third-order valence-electron chi connectivity index (χ3n) is 3.56. The van der Waals surface area contributed by atoms with Gasteiger partial charge < -0.3 is 15.2 Å². The van der Waals surface area contributed by atoms with Crippen molar-refractivity contribution >= 4 is 0 Å². The Labute approximate surface area is 93.2 Å². The molecule has 90 valence electrons. The lowest BCUT2D eigenvalue weighted by molar-refractivity contribution is 0.0261. The van der Waals surface area contributed by atoms with Gasteiger partial charge in [-0.3, -0.25) is 0 Å². The van der Waals surface area contributed by atoms with Crippen LogP contribution in [0.15, 0.2) is 0 Å². The summed E-state index contributed by atoms with van der Waals surface area (Å²) in [4.78, 5) is 0. The Kier molecular flexibility index (Phi) is 5.58. The molecular formula is C12H25NO2. The first kappa shape index (κ1) is 12.9. The Morgan fingerprint density at radius 1 is 1.40 bits per heavy atom. The van der Waals surface area contributed by atoms with E-state index in [-0.39, 0.29) is 12.1 Å². The predicted molar refractivity (Wildman–Crippen MR) is 61.9 cm³/mol. The van der Waals surface area contributed by atoms with Crippen molar-refractivity contribution in [1.82, 2.24) is 5.32 Å². The number of hydrogen-bond acceptors (Lipinski definition) is 3. The summed E-state index contributed by atoms with van der Waals surface area (Å²) in [5.74, 6) is 0.711. The Morgan fingerprint density at radius 2 is 2.07 bits per heavy atom. The maximum atomic E-state index is 9.13. The molecule has 0 spiro atoms. The first-order valence-electron chi connectivity index (χ1n) is 6.16. The number of hydrogen-bond donors (Lipinski definition) is 2. The fourth-order valence-corrected chi connectivity index (χ4v) is 2.03. The zero-order valence-corrected chi connectivity index (χ0v) is 10.1. The van der Waals surface area contributed by atoms with Gasteiger partial charge >= 0.3 is 0 Å². The van der Waals surface area contributed by atoms with Gasteiger partial charge in [-0.1, -0.05) is 20.3 Å². The van der Waals surface area contributed by atoms with E-state index in [1.165, 1.54) is 6.42 Å². The first-order chi connectivity index (χ1) is 7.22. The summed E-state index contributed by atoms with van der Waals surface area (Å²) < 4.78 is 5.38. The van der Waals surface area contributed by atoms with Gasteiger partial charge in [-0.2, -0.15) is 0 Å². The normalized spacial score (nSPS) is 22.6. The summed E-state index contributed by atoms with van der Waals surface area (Å²) in [5.41, 5.74) is 0.135. The van der Waals surface area contributed by atoms with Gasteiger partial charge in [0, 0.05) is 25.4 Å². The molecular weight excluding hydrogens is 190 g/mol. The molecule has 3 heteroatoms. The second kappa shape index (κ2) is 6.46. The Bertz CT molecular complexity index is 161. The molecule has 1 aliphatic rings. The summed E-state index contributed by atoms with van der Waals surface area (Å²) in [6, 6.07) is 0. The van der Waals surface area contributed by atoms with Gasteiger partial charge in [-0.15, -0.1) is 0 Å². The van der Waals surface area contributed by atoms with Crippen molar-refractivity contribution in [3.05, 3.63) is 0 Å². The smallest absolute Gasteiger partial charge is 0.0483 e. The molecule has 3 nitrogen and oxygen atoms in total. The minimum atomic E-state index is 0.135.